The lowest BCUT2D eigenvalue weighted by Gasteiger charge is -2.41. The normalized spacial score (nSPS) is 23.7. The number of hydrogen-bond acceptors (Lipinski definition) is 6. The number of piperidine rings is 1. The number of carbonyl (C=O) groups is 1. The Morgan fingerprint density at radius 2 is 1.85 bits per heavy atom. The molecule has 3 aliphatic heterocycles. The predicted molar refractivity (Wildman–Crippen MR) is 132 cm³/mol. The number of carbonyl (C=O) groups excluding carboxylic acids is 1. The second-order valence-electron chi connectivity index (χ2n) is 8.89. The van der Waals surface area contributed by atoms with E-state index < -0.39 is 10.8 Å². The molecule has 0 spiro atoms. The van der Waals surface area contributed by atoms with Crippen LogP contribution in [0.3, 0.4) is 0 Å². The van der Waals surface area contributed by atoms with Crippen LogP contribution in [0.4, 0.5) is 4.79 Å². The number of ether oxygens (including phenoxy) is 3. The summed E-state index contributed by atoms with van der Waals surface area (Å²) in [7, 11) is 0.815. The van der Waals surface area contributed by atoms with Gasteiger partial charge in [0.25, 0.3) is 0 Å². The lowest BCUT2D eigenvalue weighted by atomic mass is 9.84. The van der Waals surface area contributed by atoms with Gasteiger partial charge in [-0.3, -0.25) is 4.21 Å². The Morgan fingerprint density at radius 1 is 1.12 bits per heavy atom. The van der Waals surface area contributed by atoms with Crippen molar-refractivity contribution in [1.82, 2.24) is 9.80 Å². The molecule has 3 aliphatic rings. The predicted octanol–water partition coefficient (Wildman–Crippen LogP) is 2.77. The number of methoxy groups -OCH3 is 1. The van der Waals surface area contributed by atoms with Gasteiger partial charge in [-0.2, -0.15) is 4.99 Å². The summed E-state index contributed by atoms with van der Waals surface area (Å²) >= 11 is 0. The molecule has 0 bridgehead atoms. The van der Waals surface area contributed by atoms with Gasteiger partial charge in [-0.1, -0.05) is 31.2 Å². The van der Waals surface area contributed by atoms with Crippen molar-refractivity contribution in [1.29, 1.82) is 0 Å². The number of benzene rings is 1. The fourth-order valence-corrected chi connectivity index (χ4v) is 5.70. The number of rotatable bonds is 7. The van der Waals surface area contributed by atoms with Crippen molar-refractivity contribution < 1.29 is 23.2 Å². The van der Waals surface area contributed by atoms with Gasteiger partial charge in [-0.25, -0.2) is 4.79 Å². The quantitative estimate of drug-likeness (QED) is 0.550. The summed E-state index contributed by atoms with van der Waals surface area (Å²) in [6, 6.07) is 8.72. The molecular weight excluding hydrogens is 454 g/mol. The van der Waals surface area contributed by atoms with Crippen LogP contribution in [0.2, 0.25) is 0 Å². The Morgan fingerprint density at radius 3 is 2.56 bits per heavy atom. The summed E-state index contributed by atoms with van der Waals surface area (Å²) in [4.78, 5) is 21.8. The van der Waals surface area contributed by atoms with Crippen molar-refractivity contribution in [2.75, 3.05) is 64.6 Å². The van der Waals surface area contributed by atoms with Crippen LogP contribution in [-0.4, -0.2) is 90.6 Å². The van der Waals surface area contributed by atoms with Gasteiger partial charge in [0.1, 0.15) is 13.2 Å². The molecule has 4 rings (SSSR count). The summed E-state index contributed by atoms with van der Waals surface area (Å²) in [6.45, 7) is 5.75. The van der Waals surface area contributed by atoms with Gasteiger partial charge in [0.05, 0.1) is 12.5 Å². The van der Waals surface area contributed by atoms with Crippen LogP contribution < -0.4 is 0 Å². The average molecular weight is 490 g/mol. The average Bonchev–Trinajstić information content (AvgIpc) is 2.89. The summed E-state index contributed by atoms with van der Waals surface area (Å²) in [6.07, 6.45) is 3.67. The lowest BCUT2D eigenvalue weighted by molar-refractivity contribution is 0.103. The number of aryl methyl sites for hydroxylation is 1. The largest absolute Gasteiger partial charge is 0.476 e. The second-order valence-corrected chi connectivity index (χ2v) is 10.6. The van der Waals surface area contributed by atoms with Gasteiger partial charge in [0.2, 0.25) is 5.88 Å². The Bertz CT molecular complexity index is 923. The number of amides is 2. The molecule has 0 radical (unpaired) electrons. The first-order valence-corrected chi connectivity index (χ1v) is 13.6. The lowest BCUT2D eigenvalue weighted by Crippen LogP contribution is -2.53. The Labute approximate surface area is 204 Å². The standard InChI is InChI=1S/C25H35N3O5S/c1-3-19-4-6-20(7-5-19)21-16-22(24-26-23(8-11-33-24)32-13-12-31-2)18-28(17-21)25(29)27-9-14-34(30)15-10-27/h4-8,21-22H,3,9-18H2,1-2H3. The van der Waals surface area contributed by atoms with Crippen LogP contribution in [0.15, 0.2) is 41.2 Å². The van der Waals surface area contributed by atoms with Crippen molar-refractivity contribution >= 4 is 22.7 Å². The minimum Gasteiger partial charge on any atom is -0.476 e. The fraction of sp³-hybridized carbons (Fsp3) is 0.600. The highest BCUT2D eigenvalue weighted by atomic mass is 32.2. The molecule has 2 unspecified atom stereocenters. The van der Waals surface area contributed by atoms with Crippen LogP contribution in [0.5, 0.6) is 0 Å². The first-order valence-electron chi connectivity index (χ1n) is 12.1. The van der Waals surface area contributed by atoms with Gasteiger partial charge in [0, 0.05) is 67.6 Å². The van der Waals surface area contributed by atoms with Crippen molar-refractivity contribution in [2.45, 2.75) is 25.7 Å². The van der Waals surface area contributed by atoms with E-state index in [0.29, 0.717) is 69.3 Å². The summed E-state index contributed by atoms with van der Waals surface area (Å²) < 4.78 is 28.5. The Hall–Kier alpha value is -2.39. The molecule has 3 heterocycles. The van der Waals surface area contributed by atoms with Gasteiger partial charge >= 0.3 is 6.03 Å². The first kappa shape index (κ1) is 24.7. The molecule has 2 amide bonds. The minimum absolute atomic E-state index is 0.0140. The zero-order chi connectivity index (χ0) is 23.9. The van der Waals surface area contributed by atoms with Gasteiger partial charge < -0.3 is 24.0 Å². The van der Waals surface area contributed by atoms with Crippen LogP contribution in [0.1, 0.15) is 30.4 Å². The van der Waals surface area contributed by atoms with E-state index in [-0.39, 0.29) is 17.9 Å². The highest BCUT2D eigenvalue weighted by Gasteiger charge is 2.37. The number of likely N-dealkylation sites (tertiary alicyclic amines) is 1. The van der Waals surface area contributed by atoms with Gasteiger partial charge in [0.15, 0.2) is 5.90 Å². The SMILES string of the molecule is CCc1ccc(C2CC(C3=NC(OCCOC)=CCO3)CN(C(=O)N3CCS(=O)CC3)C2)cc1. The van der Waals surface area contributed by atoms with E-state index in [1.807, 2.05) is 15.9 Å². The fourth-order valence-electron chi connectivity index (χ4n) is 4.65. The van der Waals surface area contributed by atoms with Crippen LogP contribution in [-0.2, 0) is 31.4 Å². The van der Waals surface area contributed by atoms with E-state index >= 15 is 0 Å². The molecule has 2 atom stereocenters. The third kappa shape index (κ3) is 6.18. The zero-order valence-corrected chi connectivity index (χ0v) is 20.9. The molecular formula is C25H35N3O5S. The van der Waals surface area contributed by atoms with E-state index in [9.17, 15) is 9.00 Å². The van der Waals surface area contributed by atoms with Crippen molar-refractivity contribution in [3.63, 3.8) is 0 Å². The molecule has 186 valence electrons. The van der Waals surface area contributed by atoms with Gasteiger partial charge in [-0.15, -0.1) is 0 Å². The van der Waals surface area contributed by atoms with E-state index in [2.05, 4.69) is 36.2 Å². The Balaban J connectivity index is 1.53. The monoisotopic (exact) mass is 489 g/mol. The summed E-state index contributed by atoms with van der Waals surface area (Å²) in [5, 5.41) is 0. The highest BCUT2D eigenvalue weighted by Crippen LogP contribution is 2.33. The molecule has 1 aromatic rings. The molecule has 8 nitrogen and oxygen atoms in total. The summed E-state index contributed by atoms with van der Waals surface area (Å²) in [5.41, 5.74) is 2.52. The smallest absolute Gasteiger partial charge is 0.320 e. The third-order valence-electron chi connectivity index (χ3n) is 6.62. The van der Waals surface area contributed by atoms with Gasteiger partial charge in [-0.05, 0) is 24.0 Å². The molecule has 0 aliphatic carbocycles. The first-order chi connectivity index (χ1) is 16.6. The van der Waals surface area contributed by atoms with Crippen LogP contribution in [0, 0.1) is 5.92 Å². The molecule has 2 saturated heterocycles. The molecule has 1 aromatic carbocycles. The second kappa shape index (κ2) is 11.8. The maximum absolute atomic E-state index is 13.4. The van der Waals surface area contributed by atoms with Crippen molar-refractivity contribution in [3.8, 4) is 0 Å². The van der Waals surface area contributed by atoms with Crippen LogP contribution in [0.25, 0.3) is 0 Å². The topological polar surface area (TPSA) is 80.7 Å². The molecule has 2 fully saturated rings. The maximum Gasteiger partial charge on any atom is 0.320 e. The van der Waals surface area contributed by atoms with Crippen LogP contribution >= 0.6 is 0 Å². The van der Waals surface area contributed by atoms with E-state index in [0.717, 1.165) is 12.8 Å². The summed E-state index contributed by atoms with van der Waals surface area (Å²) in [5.74, 6) is 2.43. The zero-order valence-electron chi connectivity index (χ0n) is 20.1. The minimum atomic E-state index is -0.822. The third-order valence-corrected chi connectivity index (χ3v) is 7.90. The molecule has 34 heavy (non-hydrogen) atoms. The van der Waals surface area contributed by atoms with E-state index in [1.165, 1.54) is 11.1 Å². The van der Waals surface area contributed by atoms with Crippen molar-refractivity contribution in [3.05, 3.63) is 47.4 Å². The maximum atomic E-state index is 13.4. The number of hydrogen-bond donors (Lipinski definition) is 0. The molecule has 9 heteroatoms. The molecule has 0 saturated carbocycles. The number of aliphatic imine (C=N–C) groups is 1. The Kier molecular flexibility index (Phi) is 8.61. The number of nitrogens with zero attached hydrogens (tertiary/aromatic N) is 3. The molecule has 0 N–H and O–H groups in total. The van der Waals surface area contributed by atoms with E-state index in [1.54, 1.807) is 7.11 Å². The molecule has 0 aromatic heterocycles. The van der Waals surface area contributed by atoms with Crippen molar-refractivity contribution in [2.24, 2.45) is 10.9 Å². The number of urea groups is 1. The van der Waals surface area contributed by atoms with E-state index in [4.69, 9.17) is 14.2 Å². The highest BCUT2D eigenvalue weighted by molar-refractivity contribution is 7.85.